The zero-order valence-corrected chi connectivity index (χ0v) is 20.2. The summed E-state index contributed by atoms with van der Waals surface area (Å²) in [6, 6.07) is 18.7. The molecule has 0 aliphatic carbocycles. The van der Waals surface area contributed by atoms with Crippen molar-refractivity contribution in [3.8, 4) is 11.1 Å². The molecular formula is C28H28F3N3O. The van der Waals surface area contributed by atoms with Gasteiger partial charge in [0.25, 0.3) is 0 Å². The Labute approximate surface area is 203 Å². The van der Waals surface area contributed by atoms with Crippen molar-refractivity contribution < 1.29 is 18.0 Å². The van der Waals surface area contributed by atoms with Crippen molar-refractivity contribution >= 4 is 22.7 Å². The number of aromatic nitrogens is 1. The Kier molecular flexibility index (Phi) is 6.61. The number of halogens is 3. The van der Waals surface area contributed by atoms with Gasteiger partial charge in [-0.2, -0.15) is 13.2 Å². The minimum Gasteiger partial charge on any atom is -0.378 e. The third-order valence-corrected chi connectivity index (χ3v) is 6.28. The van der Waals surface area contributed by atoms with Crippen LogP contribution in [0.1, 0.15) is 35.5 Å². The lowest BCUT2D eigenvalue weighted by Crippen LogP contribution is -2.21. The number of ketones is 1. The lowest BCUT2D eigenvalue weighted by molar-refractivity contribution is -0.137. The Bertz CT molecular complexity index is 1330. The fourth-order valence-electron chi connectivity index (χ4n) is 4.28. The first-order chi connectivity index (χ1) is 16.6. The van der Waals surface area contributed by atoms with Crippen molar-refractivity contribution in [2.24, 2.45) is 0 Å². The first-order valence-electron chi connectivity index (χ1n) is 11.5. The second-order valence-electron chi connectivity index (χ2n) is 8.60. The van der Waals surface area contributed by atoms with Crippen molar-refractivity contribution in [2.75, 3.05) is 37.0 Å². The lowest BCUT2D eigenvalue weighted by atomic mass is 10.0. The fourth-order valence-corrected chi connectivity index (χ4v) is 4.28. The average molecular weight is 480 g/mol. The Balaban J connectivity index is 1.83. The molecule has 2 aromatic heterocycles. The van der Waals surface area contributed by atoms with Crippen LogP contribution in [-0.2, 0) is 6.18 Å². The van der Waals surface area contributed by atoms with E-state index in [1.807, 2.05) is 55.4 Å². The van der Waals surface area contributed by atoms with Crippen molar-refractivity contribution in [3.63, 3.8) is 0 Å². The van der Waals surface area contributed by atoms with Gasteiger partial charge in [0.2, 0.25) is 5.78 Å². The molecule has 4 nitrogen and oxygen atoms in total. The first kappa shape index (κ1) is 24.4. The fraction of sp³-hybridized carbons (Fsp3) is 0.250. The molecule has 182 valence electrons. The number of carbonyl (C=O) groups excluding carboxylic acids is 1. The van der Waals surface area contributed by atoms with Crippen LogP contribution in [-0.4, -0.2) is 37.4 Å². The molecule has 0 amide bonds. The van der Waals surface area contributed by atoms with Gasteiger partial charge < -0.3 is 14.2 Å². The number of hydrogen-bond donors (Lipinski definition) is 0. The topological polar surface area (TPSA) is 28.0 Å². The highest BCUT2D eigenvalue weighted by Crippen LogP contribution is 2.35. The third-order valence-electron chi connectivity index (χ3n) is 6.28. The monoisotopic (exact) mass is 479 g/mol. The number of benzene rings is 2. The van der Waals surface area contributed by atoms with Crippen LogP contribution >= 0.6 is 0 Å². The summed E-state index contributed by atoms with van der Waals surface area (Å²) >= 11 is 0. The van der Waals surface area contributed by atoms with E-state index in [1.54, 1.807) is 22.6 Å². The SMILES string of the molecule is CCN(CC)c1ccc(C(=O)c2cc(-c3ccc(N(C)C)cc3)c3cc(C(F)(F)F)ccn23)cc1. The summed E-state index contributed by atoms with van der Waals surface area (Å²) in [5, 5.41) is 0. The minimum absolute atomic E-state index is 0.248. The van der Waals surface area contributed by atoms with Gasteiger partial charge in [-0.15, -0.1) is 0 Å². The van der Waals surface area contributed by atoms with Crippen LogP contribution < -0.4 is 9.80 Å². The summed E-state index contributed by atoms with van der Waals surface area (Å²) in [7, 11) is 3.83. The van der Waals surface area contributed by atoms with Crippen LogP contribution in [0.25, 0.3) is 16.6 Å². The highest BCUT2D eigenvalue weighted by Gasteiger charge is 2.31. The van der Waals surface area contributed by atoms with Crippen molar-refractivity contribution in [1.82, 2.24) is 4.40 Å². The van der Waals surface area contributed by atoms with Crippen LogP contribution in [0.15, 0.2) is 72.9 Å². The molecule has 0 aliphatic heterocycles. The van der Waals surface area contributed by atoms with E-state index in [1.165, 1.54) is 6.20 Å². The Morgan fingerprint density at radius 2 is 1.46 bits per heavy atom. The maximum atomic E-state index is 13.5. The van der Waals surface area contributed by atoms with Gasteiger partial charge in [-0.25, -0.2) is 0 Å². The van der Waals surface area contributed by atoms with E-state index in [2.05, 4.69) is 18.7 Å². The maximum absolute atomic E-state index is 13.5. The largest absolute Gasteiger partial charge is 0.416 e. The van der Waals surface area contributed by atoms with E-state index in [0.29, 0.717) is 22.3 Å². The molecule has 4 rings (SSSR count). The summed E-state index contributed by atoms with van der Waals surface area (Å²) < 4.78 is 42.0. The first-order valence-corrected chi connectivity index (χ1v) is 11.5. The van der Waals surface area contributed by atoms with E-state index in [9.17, 15) is 18.0 Å². The van der Waals surface area contributed by atoms with Crippen LogP contribution in [0.2, 0.25) is 0 Å². The highest BCUT2D eigenvalue weighted by atomic mass is 19.4. The summed E-state index contributed by atoms with van der Waals surface area (Å²) in [6.07, 6.45) is -3.16. The molecule has 35 heavy (non-hydrogen) atoms. The van der Waals surface area contributed by atoms with E-state index < -0.39 is 11.7 Å². The molecule has 0 fully saturated rings. The molecule has 0 N–H and O–H groups in total. The molecule has 0 aliphatic rings. The van der Waals surface area contributed by atoms with Crippen LogP contribution in [0.5, 0.6) is 0 Å². The number of hydrogen-bond acceptors (Lipinski definition) is 3. The normalized spacial score (nSPS) is 11.6. The molecule has 4 aromatic rings. The van der Waals surface area contributed by atoms with Crippen LogP contribution in [0.3, 0.4) is 0 Å². The molecule has 0 radical (unpaired) electrons. The van der Waals surface area contributed by atoms with Gasteiger partial charge in [-0.3, -0.25) is 4.79 Å². The molecule has 2 aromatic carbocycles. The minimum atomic E-state index is -4.48. The van der Waals surface area contributed by atoms with E-state index >= 15 is 0 Å². The standard InChI is InChI=1S/C28H28F3N3O/c1-5-33(6-2)23-13-9-20(10-14-23)27(35)26-18-24(19-7-11-22(12-8-19)32(3)4)25-17-21(28(29,30)31)15-16-34(25)26/h7-18H,5-6H2,1-4H3. The highest BCUT2D eigenvalue weighted by molar-refractivity contribution is 6.10. The third kappa shape index (κ3) is 4.76. The van der Waals surface area contributed by atoms with Gasteiger partial charge in [0.1, 0.15) is 0 Å². The van der Waals surface area contributed by atoms with E-state index in [0.717, 1.165) is 42.2 Å². The number of carbonyl (C=O) groups is 1. The molecule has 0 saturated heterocycles. The predicted octanol–water partition coefficient (Wildman–Crippen LogP) is 6.77. The lowest BCUT2D eigenvalue weighted by Gasteiger charge is -2.21. The zero-order chi connectivity index (χ0) is 25.3. The van der Waals surface area contributed by atoms with E-state index in [4.69, 9.17) is 0 Å². The number of alkyl halides is 3. The van der Waals surface area contributed by atoms with Gasteiger partial charge >= 0.3 is 6.18 Å². The molecule has 0 spiro atoms. The van der Waals surface area contributed by atoms with Gasteiger partial charge in [-0.05, 0) is 74.0 Å². The van der Waals surface area contributed by atoms with Gasteiger partial charge in [0.05, 0.1) is 16.8 Å². The van der Waals surface area contributed by atoms with Crippen molar-refractivity contribution in [1.29, 1.82) is 0 Å². The number of fused-ring (bicyclic) bond motifs is 1. The Hall–Kier alpha value is -3.74. The quantitative estimate of drug-likeness (QED) is 0.274. The molecule has 7 heteroatoms. The number of anilines is 2. The number of nitrogens with zero attached hydrogens (tertiary/aromatic N) is 3. The zero-order valence-electron chi connectivity index (χ0n) is 20.2. The van der Waals surface area contributed by atoms with Crippen LogP contribution in [0.4, 0.5) is 24.5 Å². The predicted molar refractivity (Wildman–Crippen MR) is 136 cm³/mol. The number of pyridine rings is 1. The van der Waals surface area contributed by atoms with Gasteiger partial charge in [0, 0.05) is 55.9 Å². The molecule has 0 atom stereocenters. The van der Waals surface area contributed by atoms with Gasteiger partial charge in [0.15, 0.2) is 0 Å². The van der Waals surface area contributed by atoms with Crippen molar-refractivity contribution in [2.45, 2.75) is 20.0 Å². The Morgan fingerprint density at radius 1 is 0.857 bits per heavy atom. The Morgan fingerprint density at radius 3 is 2.00 bits per heavy atom. The van der Waals surface area contributed by atoms with E-state index in [-0.39, 0.29) is 5.78 Å². The average Bonchev–Trinajstić information content (AvgIpc) is 3.23. The molecule has 0 unspecified atom stereocenters. The second-order valence-corrected chi connectivity index (χ2v) is 8.60. The maximum Gasteiger partial charge on any atom is 0.416 e. The molecule has 0 bridgehead atoms. The number of rotatable bonds is 7. The summed E-state index contributed by atoms with van der Waals surface area (Å²) in [5.41, 5.74) is 3.68. The summed E-state index contributed by atoms with van der Waals surface area (Å²) in [5.74, 6) is -0.248. The molecule has 0 saturated carbocycles. The van der Waals surface area contributed by atoms with Crippen LogP contribution in [0, 0.1) is 0 Å². The van der Waals surface area contributed by atoms with Crippen molar-refractivity contribution in [3.05, 3.63) is 89.7 Å². The second kappa shape index (κ2) is 9.49. The smallest absolute Gasteiger partial charge is 0.378 e. The molecular weight excluding hydrogens is 451 g/mol. The van der Waals surface area contributed by atoms with Gasteiger partial charge in [-0.1, -0.05) is 12.1 Å². The summed E-state index contributed by atoms with van der Waals surface area (Å²) in [6.45, 7) is 5.84. The molecule has 2 heterocycles. The summed E-state index contributed by atoms with van der Waals surface area (Å²) in [4.78, 5) is 17.6.